The van der Waals surface area contributed by atoms with Gasteiger partial charge in [0.2, 0.25) is 0 Å². The average molecular weight is 292 g/mol. The number of hydrogen-bond donors (Lipinski definition) is 0. The minimum Gasteiger partial charge on any atom is -0.384 e. The van der Waals surface area contributed by atoms with Gasteiger partial charge in [-0.3, -0.25) is 14.9 Å². The van der Waals surface area contributed by atoms with Crippen LogP contribution in [0.15, 0.2) is 18.2 Å². The van der Waals surface area contributed by atoms with Gasteiger partial charge in [0, 0.05) is 50.2 Å². The van der Waals surface area contributed by atoms with Gasteiger partial charge in [0.05, 0.1) is 4.92 Å². The van der Waals surface area contributed by atoms with Crippen molar-refractivity contribution in [1.29, 1.82) is 0 Å². The molecule has 0 saturated carbocycles. The molecule has 0 spiro atoms. The van der Waals surface area contributed by atoms with Crippen LogP contribution < -0.4 is 4.90 Å². The number of ether oxygens (including phenoxy) is 1. The highest BCUT2D eigenvalue weighted by Crippen LogP contribution is 2.29. The summed E-state index contributed by atoms with van der Waals surface area (Å²) in [5, 5.41) is 10.8. The third-order valence-corrected chi connectivity index (χ3v) is 3.93. The number of rotatable bonds is 5. The summed E-state index contributed by atoms with van der Waals surface area (Å²) < 4.78 is 5.18. The van der Waals surface area contributed by atoms with Crippen LogP contribution in [-0.4, -0.2) is 37.5 Å². The van der Waals surface area contributed by atoms with E-state index in [2.05, 4.69) is 4.90 Å². The number of carbonyl (C=O) groups excluding carboxylic acids is 1. The zero-order valence-corrected chi connectivity index (χ0v) is 12.4. The van der Waals surface area contributed by atoms with Crippen LogP contribution in [0.25, 0.3) is 0 Å². The summed E-state index contributed by atoms with van der Waals surface area (Å²) in [4.78, 5) is 24.3. The first-order chi connectivity index (χ1) is 10.0. The van der Waals surface area contributed by atoms with E-state index in [-0.39, 0.29) is 11.5 Å². The lowest BCUT2D eigenvalue weighted by atomic mass is 9.96. The number of benzene rings is 1. The van der Waals surface area contributed by atoms with Crippen molar-refractivity contribution in [2.24, 2.45) is 5.92 Å². The minimum atomic E-state index is -0.471. The van der Waals surface area contributed by atoms with Gasteiger partial charge in [-0.2, -0.15) is 0 Å². The van der Waals surface area contributed by atoms with Crippen molar-refractivity contribution >= 4 is 17.2 Å². The van der Waals surface area contributed by atoms with E-state index >= 15 is 0 Å². The molecule has 21 heavy (non-hydrogen) atoms. The van der Waals surface area contributed by atoms with Gasteiger partial charge in [-0.05, 0) is 31.7 Å². The molecule has 1 aromatic rings. The Hall–Kier alpha value is -1.95. The van der Waals surface area contributed by atoms with E-state index in [1.807, 2.05) is 0 Å². The van der Waals surface area contributed by atoms with Crippen LogP contribution >= 0.6 is 0 Å². The fourth-order valence-electron chi connectivity index (χ4n) is 2.77. The summed E-state index contributed by atoms with van der Waals surface area (Å²) >= 11 is 0. The maximum atomic E-state index is 11.8. The number of hydrogen-bond acceptors (Lipinski definition) is 5. The van der Waals surface area contributed by atoms with E-state index in [1.165, 1.54) is 19.1 Å². The Balaban J connectivity index is 2.20. The smallest absolute Gasteiger partial charge is 0.270 e. The average Bonchev–Trinajstić information content (AvgIpc) is 2.47. The maximum Gasteiger partial charge on any atom is 0.270 e. The van der Waals surface area contributed by atoms with Crippen molar-refractivity contribution in [2.45, 2.75) is 19.8 Å². The Morgan fingerprint density at radius 3 is 2.62 bits per heavy atom. The molecule has 1 aromatic carbocycles. The molecule has 0 unspecified atom stereocenters. The standard InChI is InChI=1S/C15H20N2O4/c1-11(18)14-9-13(17(19)20)3-4-15(14)16-7-5-12(6-8-16)10-21-2/h3-4,9,12H,5-8,10H2,1-2H3. The van der Waals surface area contributed by atoms with E-state index in [9.17, 15) is 14.9 Å². The predicted molar refractivity (Wildman–Crippen MR) is 79.9 cm³/mol. The molecule has 0 aliphatic carbocycles. The molecular weight excluding hydrogens is 272 g/mol. The molecule has 0 bridgehead atoms. The number of ketones is 1. The Labute approximate surface area is 123 Å². The van der Waals surface area contributed by atoms with Gasteiger partial charge >= 0.3 is 0 Å². The molecule has 6 nitrogen and oxygen atoms in total. The molecule has 1 fully saturated rings. The second kappa shape index (κ2) is 6.67. The van der Waals surface area contributed by atoms with Crippen LogP contribution in [0.5, 0.6) is 0 Å². The largest absolute Gasteiger partial charge is 0.384 e. The zero-order chi connectivity index (χ0) is 15.4. The molecule has 0 atom stereocenters. The molecule has 114 valence electrons. The van der Waals surface area contributed by atoms with Gasteiger partial charge in [0.1, 0.15) is 0 Å². The lowest BCUT2D eigenvalue weighted by Gasteiger charge is -2.34. The molecule has 1 saturated heterocycles. The van der Waals surface area contributed by atoms with Crippen LogP contribution in [0.2, 0.25) is 0 Å². The summed E-state index contributed by atoms with van der Waals surface area (Å²) in [5.41, 5.74) is 1.18. The van der Waals surface area contributed by atoms with Crippen LogP contribution in [0.3, 0.4) is 0 Å². The van der Waals surface area contributed by atoms with Crippen molar-refractivity contribution in [3.05, 3.63) is 33.9 Å². The third-order valence-electron chi connectivity index (χ3n) is 3.93. The topological polar surface area (TPSA) is 72.7 Å². The van der Waals surface area contributed by atoms with Crippen molar-refractivity contribution in [3.63, 3.8) is 0 Å². The zero-order valence-electron chi connectivity index (χ0n) is 12.4. The fourth-order valence-corrected chi connectivity index (χ4v) is 2.77. The van der Waals surface area contributed by atoms with Crippen LogP contribution in [0, 0.1) is 16.0 Å². The van der Waals surface area contributed by atoms with Gasteiger partial charge in [-0.1, -0.05) is 0 Å². The lowest BCUT2D eigenvalue weighted by Crippen LogP contribution is -2.35. The van der Waals surface area contributed by atoms with Gasteiger partial charge in [-0.15, -0.1) is 0 Å². The van der Waals surface area contributed by atoms with Crippen molar-refractivity contribution in [2.75, 3.05) is 31.7 Å². The number of nitrogens with zero attached hydrogens (tertiary/aromatic N) is 2. The number of Topliss-reactive ketones (excluding diaryl/α,β-unsaturated/α-hetero) is 1. The Kier molecular flexibility index (Phi) is 4.90. The number of nitro groups is 1. The summed E-state index contributed by atoms with van der Waals surface area (Å²) in [6, 6.07) is 4.52. The number of piperidine rings is 1. The molecule has 1 heterocycles. The second-order valence-electron chi connectivity index (χ2n) is 5.40. The summed E-state index contributed by atoms with van der Waals surface area (Å²) in [7, 11) is 1.70. The first kappa shape index (κ1) is 15.4. The van der Waals surface area contributed by atoms with E-state index in [0.717, 1.165) is 38.2 Å². The van der Waals surface area contributed by atoms with Crippen LogP contribution in [0.4, 0.5) is 11.4 Å². The van der Waals surface area contributed by atoms with E-state index in [0.29, 0.717) is 11.5 Å². The third kappa shape index (κ3) is 3.58. The van der Waals surface area contributed by atoms with E-state index in [4.69, 9.17) is 4.74 Å². The van der Waals surface area contributed by atoms with Gasteiger partial charge in [0.25, 0.3) is 5.69 Å². The van der Waals surface area contributed by atoms with Crippen molar-refractivity contribution in [3.8, 4) is 0 Å². The normalized spacial score (nSPS) is 16.0. The Morgan fingerprint density at radius 2 is 2.10 bits per heavy atom. The lowest BCUT2D eigenvalue weighted by molar-refractivity contribution is -0.384. The number of anilines is 1. The summed E-state index contributed by atoms with van der Waals surface area (Å²) in [5.74, 6) is 0.401. The fraction of sp³-hybridized carbons (Fsp3) is 0.533. The highest BCUT2D eigenvalue weighted by Gasteiger charge is 2.23. The SMILES string of the molecule is COCC1CCN(c2ccc([N+](=O)[O-])cc2C(C)=O)CC1. The van der Waals surface area contributed by atoms with Crippen LogP contribution in [0.1, 0.15) is 30.1 Å². The van der Waals surface area contributed by atoms with E-state index in [1.54, 1.807) is 13.2 Å². The first-order valence-corrected chi connectivity index (χ1v) is 7.06. The number of nitro benzene ring substituents is 1. The van der Waals surface area contributed by atoms with Gasteiger partial charge in [0.15, 0.2) is 5.78 Å². The molecule has 0 N–H and O–H groups in total. The molecule has 1 aliphatic rings. The number of methoxy groups -OCH3 is 1. The number of non-ortho nitro benzene ring substituents is 1. The second-order valence-corrected chi connectivity index (χ2v) is 5.40. The van der Waals surface area contributed by atoms with Gasteiger partial charge in [-0.25, -0.2) is 0 Å². The maximum absolute atomic E-state index is 11.8. The molecule has 0 amide bonds. The van der Waals surface area contributed by atoms with Crippen LogP contribution in [-0.2, 0) is 4.74 Å². The van der Waals surface area contributed by atoms with Gasteiger partial charge < -0.3 is 9.64 Å². The first-order valence-electron chi connectivity index (χ1n) is 7.06. The molecule has 0 radical (unpaired) electrons. The summed E-state index contributed by atoms with van der Waals surface area (Å²) in [6.45, 7) is 3.88. The highest BCUT2D eigenvalue weighted by atomic mass is 16.6. The Bertz CT molecular complexity index is 536. The predicted octanol–water partition coefficient (Wildman–Crippen LogP) is 2.66. The molecule has 2 rings (SSSR count). The van der Waals surface area contributed by atoms with Crippen molar-refractivity contribution < 1.29 is 14.5 Å². The molecular formula is C15H20N2O4. The summed E-state index contributed by atoms with van der Waals surface area (Å²) in [6.07, 6.45) is 2.00. The van der Waals surface area contributed by atoms with Crippen molar-refractivity contribution in [1.82, 2.24) is 0 Å². The highest BCUT2D eigenvalue weighted by molar-refractivity contribution is 6.00. The monoisotopic (exact) mass is 292 g/mol. The number of carbonyl (C=O) groups is 1. The quantitative estimate of drug-likeness (QED) is 0.474. The molecule has 0 aromatic heterocycles. The molecule has 1 aliphatic heterocycles. The minimum absolute atomic E-state index is 0.0433. The molecule has 6 heteroatoms. The Morgan fingerprint density at radius 1 is 1.43 bits per heavy atom. The van der Waals surface area contributed by atoms with E-state index < -0.39 is 4.92 Å².